The van der Waals surface area contributed by atoms with Gasteiger partial charge in [-0.15, -0.1) is 12.4 Å². The summed E-state index contributed by atoms with van der Waals surface area (Å²) in [5, 5.41) is 2.52. The summed E-state index contributed by atoms with van der Waals surface area (Å²) in [4.78, 5) is 11.5. The Balaban J connectivity index is 0.00000400. The molecule has 4 nitrogen and oxygen atoms in total. The van der Waals surface area contributed by atoms with Gasteiger partial charge in [0, 0.05) is 26.1 Å². The third kappa shape index (κ3) is 6.33. The van der Waals surface area contributed by atoms with Gasteiger partial charge in [0.2, 0.25) is 5.91 Å². The lowest BCUT2D eigenvalue weighted by atomic mass is 9.98. The predicted octanol–water partition coefficient (Wildman–Crippen LogP) is 2.28. The number of amides is 1. The van der Waals surface area contributed by atoms with E-state index in [1.807, 2.05) is 0 Å². The number of hydrogen-bond acceptors (Lipinski definition) is 3. The summed E-state index contributed by atoms with van der Waals surface area (Å²) in [5.74, 6) is -0.411. The third-order valence-electron chi connectivity index (χ3n) is 2.70. The van der Waals surface area contributed by atoms with Crippen molar-refractivity contribution in [3.05, 3.63) is 35.4 Å². The Morgan fingerprint density at radius 2 is 2.00 bits per heavy atom. The van der Waals surface area contributed by atoms with Crippen LogP contribution in [0, 0.1) is 0 Å². The van der Waals surface area contributed by atoms with Gasteiger partial charge in [-0.2, -0.15) is 13.2 Å². The van der Waals surface area contributed by atoms with Crippen molar-refractivity contribution in [1.82, 2.24) is 5.32 Å². The van der Waals surface area contributed by atoms with Crippen LogP contribution in [0.3, 0.4) is 0 Å². The molecule has 0 bridgehead atoms. The van der Waals surface area contributed by atoms with Gasteiger partial charge >= 0.3 is 6.18 Å². The second-order valence-corrected chi connectivity index (χ2v) is 4.24. The topological polar surface area (TPSA) is 64.3 Å². The van der Waals surface area contributed by atoms with Crippen LogP contribution in [-0.4, -0.2) is 26.2 Å². The second-order valence-electron chi connectivity index (χ2n) is 4.24. The molecule has 1 amide bonds. The number of halogens is 4. The number of rotatable bonds is 6. The highest BCUT2D eigenvalue weighted by Crippen LogP contribution is 2.34. The molecule has 0 aliphatic carbocycles. The fourth-order valence-corrected chi connectivity index (χ4v) is 1.75. The van der Waals surface area contributed by atoms with E-state index in [-0.39, 0.29) is 24.4 Å². The van der Waals surface area contributed by atoms with Crippen LogP contribution in [0.5, 0.6) is 0 Å². The van der Waals surface area contributed by atoms with Gasteiger partial charge in [-0.1, -0.05) is 18.2 Å². The molecule has 21 heavy (non-hydrogen) atoms. The van der Waals surface area contributed by atoms with Crippen LogP contribution in [0.25, 0.3) is 0 Å². The normalized spacial score (nSPS) is 12.4. The zero-order chi connectivity index (χ0) is 15.2. The molecule has 0 aromatic heterocycles. The van der Waals surface area contributed by atoms with Crippen molar-refractivity contribution in [3.63, 3.8) is 0 Å². The summed E-state index contributed by atoms with van der Waals surface area (Å²) < 4.78 is 43.2. The summed E-state index contributed by atoms with van der Waals surface area (Å²) in [7, 11) is 1.48. The zero-order valence-electron chi connectivity index (χ0n) is 11.4. The van der Waals surface area contributed by atoms with E-state index in [0.29, 0.717) is 13.2 Å². The van der Waals surface area contributed by atoms with Crippen molar-refractivity contribution in [2.24, 2.45) is 5.73 Å². The highest BCUT2D eigenvalue weighted by Gasteiger charge is 2.34. The first kappa shape index (κ1) is 19.7. The van der Waals surface area contributed by atoms with Gasteiger partial charge in [0.05, 0.1) is 12.2 Å². The van der Waals surface area contributed by atoms with Gasteiger partial charge in [-0.25, -0.2) is 0 Å². The average Bonchev–Trinajstić information content (AvgIpc) is 2.38. The van der Waals surface area contributed by atoms with Crippen LogP contribution in [0.15, 0.2) is 24.3 Å². The van der Waals surface area contributed by atoms with Crippen LogP contribution in [0.2, 0.25) is 0 Å². The molecule has 0 spiro atoms. The highest BCUT2D eigenvalue weighted by atomic mass is 35.5. The lowest BCUT2D eigenvalue weighted by Gasteiger charge is -2.18. The number of nitrogens with one attached hydrogen (secondary N) is 1. The molecule has 8 heteroatoms. The Morgan fingerprint density at radius 3 is 2.57 bits per heavy atom. The molecule has 3 N–H and O–H groups in total. The molecule has 1 aromatic carbocycles. The summed E-state index contributed by atoms with van der Waals surface area (Å²) in [6.45, 7) is 0.628. The summed E-state index contributed by atoms with van der Waals surface area (Å²) in [5.41, 5.74) is 4.82. The number of nitrogens with two attached hydrogens (primary N) is 1. The highest BCUT2D eigenvalue weighted by molar-refractivity contribution is 5.85. The van der Waals surface area contributed by atoms with Crippen molar-refractivity contribution in [1.29, 1.82) is 0 Å². The molecule has 0 saturated heterocycles. The van der Waals surface area contributed by atoms with Gasteiger partial charge < -0.3 is 15.8 Å². The molecule has 0 aliphatic rings. The van der Waals surface area contributed by atoms with E-state index < -0.39 is 23.7 Å². The first-order chi connectivity index (χ1) is 9.36. The molecular weight excluding hydrogens is 309 g/mol. The van der Waals surface area contributed by atoms with Gasteiger partial charge in [0.15, 0.2) is 0 Å². The van der Waals surface area contributed by atoms with Crippen LogP contribution in [0.1, 0.15) is 23.6 Å². The minimum absolute atomic E-state index is 0. The van der Waals surface area contributed by atoms with Crippen LogP contribution < -0.4 is 11.1 Å². The maximum Gasteiger partial charge on any atom is 0.416 e. The number of ether oxygens (including phenoxy) is 1. The largest absolute Gasteiger partial charge is 0.416 e. The lowest BCUT2D eigenvalue weighted by Crippen LogP contribution is -2.30. The monoisotopic (exact) mass is 326 g/mol. The Hall–Kier alpha value is -1.31. The Kier molecular flexibility index (Phi) is 8.31. The number of alkyl halides is 3. The number of carbonyl (C=O) groups is 1. The minimum atomic E-state index is -4.49. The molecule has 0 heterocycles. The fourth-order valence-electron chi connectivity index (χ4n) is 1.75. The standard InChI is InChI=1S/C13H17F3N2O2.ClH/c1-20-7-6-18-12(19)8-11(17)9-4-2-3-5-10(9)13(14,15)16;/h2-5,11H,6-8,17H2,1H3,(H,18,19);1H/t11-;/m0./s1. The SMILES string of the molecule is COCCNC(=O)C[C@H](N)c1ccccc1C(F)(F)F.Cl. The Morgan fingerprint density at radius 1 is 1.38 bits per heavy atom. The number of hydrogen-bond donors (Lipinski definition) is 2. The maximum atomic E-state index is 12.8. The van der Waals surface area contributed by atoms with Gasteiger partial charge in [0.1, 0.15) is 0 Å². The molecule has 0 aliphatic heterocycles. The van der Waals surface area contributed by atoms with Gasteiger partial charge in [-0.05, 0) is 11.6 Å². The van der Waals surface area contributed by atoms with Gasteiger partial charge in [-0.3, -0.25) is 4.79 Å². The van der Waals surface area contributed by atoms with Crippen LogP contribution in [-0.2, 0) is 15.7 Å². The Labute approximate surface area is 127 Å². The van der Waals surface area contributed by atoms with Crippen LogP contribution >= 0.6 is 12.4 Å². The zero-order valence-corrected chi connectivity index (χ0v) is 12.3. The van der Waals surface area contributed by atoms with Crippen molar-refractivity contribution in [2.75, 3.05) is 20.3 Å². The molecule has 0 unspecified atom stereocenters. The summed E-state index contributed by atoms with van der Waals surface area (Å²) in [6, 6.07) is 3.99. The molecule has 120 valence electrons. The molecule has 0 saturated carbocycles. The summed E-state index contributed by atoms with van der Waals surface area (Å²) in [6.07, 6.45) is -4.70. The summed E-state index contributed by atoms with van der Waals surface area (Å²) >= 11 is 0. The quantitative estimate of drug-likeness (QED) is 0.788. The molecule has 1 rings (SSSR count). The number of benzene rings is 1. The fraction of sp³-hybridized carbons (Fsp3) is 0.462. The van der Waals surface area contributed by atoms with Crippen LogP contribution in [0.4, 0.5) is 13.2 Å². The average molecular weight is 327 g/mol. The second kappa shape index (κ2) is 8.86. The van der Waals surface area contributed by atoms with Crippen molar-refractivity contribution >= 4 is 18.3 Å². The molecule has 1 atom stereocenters. The molecular formula is C13H18ClF3N2O2. The number of methoxy groups -OCH3 is 1. The first-order valence-corrected chi connectivity index (χ1v) is 6.03. The predicted molar refractivity (Wildman–Crippen MR) is 75.1 cm³/mol. The third-order valence-corrected chi connectivity index (χ3v) is 2.70. The molecule has 0 radical (unpaired) electrons. The van der Waals surface area contributed by atoms with Crippen molar-refractivity contribution in [2.45, 2.75) is 18.6 Å². The van der Waals surface area contributed by atoms with Crippen molar-refractivity contribution < 1.29 is 22.7 Å². The lowest BCUT2D eigenvalue weighted by molar-refractivity contribution is -0.138. The number of carbonyl (C=O) groups excluding carboxylic acids is 1. The Bertz CT molecular complexity index is 455. The van der Waals surface area contributed by atoms with E-state index in [9.17, 15) is 18.0 Å². The molecule has 0 fully saturated rings. The van der Waals surface area contributed by atoms with E-state index in [1.165, 1.54) is 25.3 Å². The van der Waals surface area contributed by atoms with Crippen molar-refractivity contribution in [3.8, 4) is 0 Å². The first-order valence-electron chi connectivity index (χ1n) is 6.03. The van der Waals surface area contributed by atoms with Gasteiger partial charge in [0.25, 0.3) is 0 Å². The van der Waals surface area contributed by atoms with E-state index in [2.05, 4.69) is 5.32 Å². The maximum absolute atomic E-state index is 12.8. The van der Waals surface area contributed by atoms with E-state index >= 15 is 0 Å². The van der Waals surface area contributed by atoms with E-state index in [4.69, 9.17) is 10.5 Å². The smallest absolute Gasteiger partial charge is 0.383 e. The molecule has 1 aromatic rings. The van der Waals surface area contributed by atoms with E-state index in [1.54, 1.807) is 0 Å². The van der Waals surface area contributed by atoms with E-state index in [0.717, 1.165) is 6.07 Å². The minimum Gasteiger partial charge on any atom is -0.383 e.